The van der Waals surface area contributed by atoms with Crippen molar-refractivity contribution in [3.05, 3.63) is 24.3 Å². The highest BCUT2D eigenvalue weighted by Crippen LogP contribution is 2.28. The maximum atomic E-state index is 11.9. The van der Waals surface area contributed by atoms with E-state index >= 15 is 0 Å². The number of hydrogen-bond donors (Lipinski definition) is 3. The summed E-state index contributed by atoms with van der Waals surface area (Å²) in [5, 5.41) is 12.0. The van der Waals surface area contributed by atoms with Crippen LogP contribution >= 0.6 is 12.4 Å². The quantitative estimate of drug-likeness (QED) is 0.758. The van der Waals surface area contributed by atoms with Gasteiger partial charge in [-0.1, -0.05) is 18.9 Å². The fourth-order valence-electron chi connectivity index (χ4n) is 2.07. The van der Waals surface area contributed by atoms with Crippen LogP contribution < -0.4 is 11.1 Å². The highest BCUT2D eigenvalue weighted by Gasteiger charge is 2.36. The Morgan fingerprint density at radius 1 is 1.35 bits per heavy atom. The van der Waals surface area contributed by atoms with Gasteiger partial charge in [-0.25, -0.2) is 0 Å². The van der Waals surface area contributed by atoms with Gasteiger partial charge in [-0.2, -0.15) is 0 Å². The number of amides is 1. The number of hydrogen-bond acceptors (Lipinski definition) is 3. The number of rotatable bonds is 2. The number of nitrogens with two attached hydrogens (primary N) is 1. The number of phenolic OH excluding ortho intramolecular Hbond substituents is 1. The molecule has 1 aromatic carbocycles. The fraction of sp³-hybridized carbons (Fsp3) is 0.417. The van der Waals surface area contributed by atoms with E-state index in [1.54, 1.807) is 18.2 Å². The molecule has 94 valence electrons. The third-order valence-electron chi connectivity index (χ3n) is 3.05. The Hall–Kier alpha value is -1.26. The van der Waals surface area contributed by atoms with E-state index in [1.807, 2.05) is 0 Å². The van der Waals surface area contributed by atoms with Crippen molar-refractivity contribution in [3.8, 4) is 5.75 Å². The highest BCUT2D eigenvalue weighted by molar-refractivity contribution is 5.98. The second kappa shape index (κ2) is 5.38. The Morgan fingerprint density at radius 2 is 2.00 bits per heavy atom. The summed E-state index contributed by atoms with van der Waals surface area (Å²) < 4.78 is 0. The fourth-order valence-corrected chi connectivity index (χ4v) is 2.07. The average molecular weight is 257 g/mol. The third kappa shape index (κ3) is 3.11. The highest BCUT2D eigenvalue weighted by atomic mass is 35.5. The summed E-state index contributed by atoms with van der Waals surface area (Å²) in [7, 11) is 0. The van der Waals surface area contributed by atoms with Gasteiger partial charge >= 0.3 is 0 Å². The van der Waals surface area contributed by atoms with Crippen LogP contribution in [0.3, 0.4) is 0 Å². The molecule has 1 aliphatic rings. The summed E-state index contributed by atoms with van der Waals surface area (Å²) in [6.07, 6.45) is 3.48. The first-order valence-electron chi connectivity index (χ1n) is 5.49. The Bertz CT molecular complexity index is 403. The predicted octanol–water partition coefficient (Wildman–Crippen LogP) is 2.02. The molecule has 0 unspecified atom stereocenters. The van der Waals surface area contributed by atoms with Gasteiger partial charge < -0.3 is 16.2 Å². The number of aromatic hydroxyl groups is 1. The van der Waals surface area contributed by atoms with Gasteiger partial charge in [-0.05, 0) is 25.0 Å². The third-order valence-corrected chi connectivity index (χ3v) is 3.05. The molecule has 1 saturated carbocycles. The molecule has 17 heavy (non-hydrogen) atoms. The van der Waals surface area contributed by atoms with Crippen LogP contribution in [0.25, 0.3) is 0 Å². The van der Waals surface area contributed by atoms with Crippen LogP contribution in [0.2, 0.25) is 0 Å². The van der Waals surface area contributed by atoms with Gasteiger partial charge in [-0.3, -0.25) is 4.79 Å². The van der Waals surface area contributed by atoms with Crippen LogP contribution in [0.5, 0.6) is 5.75 Å². The molecule has 2 rings (SSSR count). The zero-order valence-corrected chi connectivity index (χ0v) is 10.3. The zero-order chi connectivity index (χ0) is 11.6. The lowest BCUT2D eigenvalue weighted by molar-refractivity contribution is -0.121. The van der Waals surface area contributed by atoms with E-state index in [1.165, 1.54) is 6.07 Å². The monoisotopic (exact) mass is 256 g/mol. The molecular weight excluding hydrogens is 240 g/mol. The first kappa shape index (κ1) is 13.8. The second-order valence-electron chi connectivity index (χ2n) is 4.37. The van der Waals surface area contributed by atoms with Crippen molar-refractivity contribution < 1.29 is 9.90 Å². The summed E-state index contributed by atoms with van der Waals surface area (Å²) in [5.41, 5.74) is 5.87. The lowest BCUT2D eigenvalue weighted by atomic mass is 9.98. The number of carbonyl (C=O) groups excluding carboxylic acids is 1. The Morgan fingerprint density at radius 3 is 2.59 bits per heavy atom. The molecule has 0 heterocycles. The molecule has 1 amide bonds. The maximum Gasteiger partial charge on any atom is 0.244 e. The van der Waals surface area contributed by atoms with Gasteiger partial charge in [0.1, 0.15) is 5.75 Å². The molecule has 4 N–H and O–H groups in total. The van der Waals surface area contributed by atoms with E-state index in [-0.39, 0.29) is 24.1 Å². The molecule has 5 heteroatoms. The van der Waals surface area contributed by atoms with Crippen molar-refractivity contribution in [2.45, 2.75) is 31.2 Å². The van der Waals surface area contributed by atoms with Gasteiger partial charge in [0.05, 0.1) is 5.54 Å². The van der Waals surface area contributed by atoms with Gasteiger partial charge in [0.15, 0.2) is 0 Å². The van der Waals surface area contributed by atoms with Crippen LogP contribution in [0, 0.1) is 0 Å². The molecule has 0 spiro atoms. The molecule has 0 aliphatic heterocycles. The normalized spacial score (nSPS) is 17.2. The minimum absolute atomic E-state index is 0. The van der Waals surface area contributed by atoms with Crippen LogP contribution in [0.15, 0.2) is 24.3 Å². The molecular formula is C12H17ClN2O2. The molecule has 4 nitrogen and oxygen atoms in total. The lowest BCUT2D eigenvalue weighted by Gasteiger charge is -2.22. The van der Waals surface area contributed by atoms with E-state index in [4.69, 9.17) is 5.73 Å². The van der Waals surface area contributed by atoms with Crippen molar-refractivity contribution in [3.63, 3.8) is 0 Å². The van der Waals surface area contributed by atoms with E-state index in [9.17, 15) is 9.90 Å². The number of carbonyl (C=O) groups is 1. The van der Waals surface area contributed by atoms with Crippen LogP contribution in [0.1, 0.15) is 25.7 Å². The van der Waals surface area contributed by atoms with E-state index < -0.39 is 5.54 Å². The predicted molar refractivity (Wildman–Crippen MR) is 69.4 cm³/mol. The number of halogens is 1. The van der Waals surface area contributed by atoms with Crippen molar-refractivity contribution in [2.75, 3.05) is 5.32 Å². The summed E-state index contributed by atoms with van der Waals surface area (Å²) in [4.78, 5) is 11.9. The second-order valence-corrected chi connectivity index (χ2v) is 4.37. The minimum Gasteiger partial charge on any atom is -0.508 e. The summed E-state index contributed by atoms with van der Waals surface area (Å²) in [5.74, 6) is -0.0223. The molecule has 1 aromatic rings. The molecule has 1 aliphatic carbocycles. The number of benzene rings is 1. The number of anilines is 1. The molecule has 0 saturated heterocycles. The van der Waals surface area contributed by atoms with Crippen molar-refractivity contribution in [2.24, 2.45) is 5.73 Å². The van der Waals surface area contributed by atoms with Gasteiger partial charge in [-0.15, -0.1) is 12.4 Å². The smallest absolute Gasteiger partial charge is 0.244 e. The Balaban J connectivity index is 0.00000144. The van der Waals surface area contributed by atoms with E-state index in [0.29, 0.717) is 5.69 Å². The number of phenols is 1. The summed E-state index contributed by atoms with van der Waals surface area (Å²) in [6, 6.07) is 6.48. The average Bonchev–Trinajstić information content (AvgIpc) is 2.66. The van der Waals surface area contributed by atoms with Crippen molar-refractivity contribution >= 4 is 24.0 Å². The zero-order valence-electron chi connectivity index (χ0n) is 9.48. The largest absolute Gasteiger partial charge is 0.508 e. The Labute approximate surface area is 107 Å². The Kier molecular flexibility index (Phi) is 4.37. The van der Waals surface area contributed by atoms with E-state index in [0.717, 1.165) is 25.7 Å². The molecule has 0 bridgehead atoms. The standard InChI is InChI=1S/C12H16N2O2.ClH/c13-12(6-1-2-7-12)11(16)14-9-4-3-5-10(15)8-9;/h3-5,8,15H,1-2,6-7,13H2,(H,14,16);1H. The summed E-state index contributed by atoms with van der Waals surface area (Å²) in [6.45, 7) is 0. The summed E-state index contributed by atoms with van der Waals surface area (Å²) >= 11 is 0. The first-order chi connectivity index (χ1) is 7.60. The molecule has 0 aromatic heterocycles. The molecule has 0 atom stereocenters. The molecule has 0 radical (unpaired) electrons. The first-order valence-corrected chi connectivity index (χ1v) is 5.49. The maximum absolute atomic E-state index is 11.9. The topological polar surface area (TPSA) is 75.4 Å². The van der Waals surface area contributed by atoms with Crippen molar-refractivity contribution in [1.82, 2.24) is 0 Å². The molecule has 1 fully saturated rings. The minimum atomic E-state index is -0.731. The van der Waals surface area contributed by atoms with Gasteiger partial charge in [0, 0.05) is 11.8 Å². The van der Waals surface area contributed by atoms with E-state index in [2.05, 4.69) is 5.32 Å². The number of nitrogens with one attached hydrogen (secondary N) is 1. The SMILES string of the molecule is Cl.NC1(C(=O)Nc2cccc(O)c2)CCCC1. The lowest BCUT2D eigenvalue weighted by Crippen LogP contribution is -2.48. The van der Waals surface area contributed by atoms with Crippen LogP contribution in [-0.2, 0) is 4.79 Å². The van der Waals surface area contributed by atoms with Gasteiger partial charge in [0.25, 0.3) is 0 Å². The van der Waals surface area contributed by atoms with Crippen molar-refractivity contribution in [1.29, 1.82) is 0 Å². The van der Waals surface area contributed by atoms with Crippen LogP contribution in [-0.4, -0.2) is 16.6 Å². The van der Waals surface area contributed by atoms with Crippen LogP contribution in [0.4, 0.5) is 5.69 Å². The van der Waals surface area contributed by atoms with Gasteiger partial charge in [0.2, 0.25) is 5.91 Å².